The molecule has 0 spiro atoms. The molecule has 1 aromatic rings. The van der Waals surface area contributed by atoms with Crippen LogP contribution in [0.2, 0.25) is 10.0 Å². The fourth-order valence-corrected chi connectivity index (χ4v) is 2.55. The highest BCUT2D eigenvalue weighted by Crippen LogP contribution is 2.38. The molecule has 1 radical (unpaired) electrons. The minimum absolute atomic E-state index is 0.612. The van der Waals surface area contributed by atoms with E-state index >= 15 is 0 Å². The Morgan fingerprint density at radius 2 is 2.06 bits per heavy atom. The van der Waals surface area contributed by atoms with Gasteiger partial charge in [-0.15, -0.1) is 0 Å². The monoisotopic (exact) mass is 255 g/mol. The highest BCUT2D eigenvalue weighted by atomic mass is 35.5. The van der Waals surface area contributed by atoms with Crippen molar-refractivity contribution < 1.29 is 0 Å². The molecule has 2 rings (SSSR count). The van der Waals surface area contributed by atoms with Crippen molar-refractivity contribution in [1.29, 1.82) is 0 Å². The minimum Gasteiger partial charge on any atom is -0.0837 e. The van der Waals surface area contributed by atoms with Crippen molar-refractivity contribution in [1.82, 2.24) is 0 Å². The van der Waals surface area contributed by atoms with Gasteiger partial charge in [0.25, 0.3) is 0 Å². The first kappa shape index (κ1) is 12.3. The molecular formula is C14H17Cl2. The first-order chi connectivity index (χ1) is 7.58. The topological polar surface area (TPSA) is 0 Å². The van der Waals surface area contributed by atoms with Gasteiger partial charge in [-0.05, 0) is 54.7 Å². The predicted octanol–water partition coefficient (Wildman–Crippen LogP) is 4.94. The Kier molecular flexibility index (Phi) is 3.81. The normalized spacial score (nSPS) is 15.8. The van der Waals surface area contributed by atoms with Crippen molar-refractivity contribution in [3.8, 4) is 0 Å². The zero-order chi connectivity index (χ0) is 11.7. The van der Waals surface area contributed by atoms with Crippen LogP contribution in [-0.2, 0) is 12.8 Å². The lowest BCUT2D eigenvalue weighted by molar-refractivity contribution is 0.646. The number of hydrogen-bond donors (Lipinski definition) is 0. The lowest BCUT2D eigenvalue weighted by Gasteiger charge is -2.12. The summed E-state index contributed by atoms with van der Waals surface area (Å²) in [5, 5.41) is 1.59. The van der Waals surface area contributed by atoms with E-state index in [1.54, 1.807) is 0 Å². The van der Waals surface area contributed by atoms with Gasteiger partial charge in [-0.2, -0.15) is 0 Å². The second-order valence-electron chi connectivity index (χ2n) is 5.17. The van der Waals surface area contributed by atoms with Crippen molar-refractivity contribution in [2.24, 2.45) is 11.8 Å². The summed E-state index contributed by atoms with van der Waals surface area (Å²) in [4.78, 5) is 0. The smallest absolute Gasteiger partial charge is 0.0532 e. The third-order valence-electron chi connectivity index (χ3n) is 3.00. The van der Waals surface area contributed by atoms with Crippen LogP contribution in [0.4, 0.5) is 0 Å². The van der Waals surface area contributed by atoms with E-state index in [9.17, 15) is 0 Å². The van der Waals surface area contributed by atoms with Crippen molar-refractivity contribution in [2.45, 2.75) is 39.5 Å². The van der Waals surface area contributed by atoms with Gasteiger partial charge in [0, 0.05) is 11.1 Å². The maximum absolute atomic E-state index is 6.43. The molecule has 1 aliphatic carbocycles. The average molecular weight is 256 g/mol. The molecule has 1 fully saturated rings. The van der Waals surface area contributed by atoms with Crippen LogP contribution in [0.25, 0.3) is 0 Å². The summed E-state index contributed by atoms with van der Waals surface area (Å²) in [6.07, 6.45) is 4.67. The van der Waals surface area contributed by atoms with Crippen molar-refractivity contribution in [2.75, 3.05) is 0 Å². The lowest BCUT2D eigenvalue weighted by Crippen LogP contribution is -1.99. The van der Waals surface area contributed by atoms with Crippen molar-refractivity contribution in [3.05, 3.63) is 33.3 Å². The van der Waals surface area contributed by atoms with Crippen molar-refractivity contribution in [3.63, 3.8) is 0 Å². The molecule has 0 aliphatic heterocycles. The molecule has 16 heavy (non-hydrogen) atoms. The van der Waals surface area contributed by atoms with E-state index in [1.807, 2.05) is 6.07 Å². The molecule has 1 aromatic carbocycles. The zero-order valence-corrected chi connectivity index (χ0v) is 11.3. The first-order valence-electron chi connectivity index (χ1n) is 5.95. The molecule has 2 heteroatoms. The number of rotatable bonds is 4. The first-order valence-corrected chi connectivity index (χ1v) is 6.71. The quantitative estimate of drug-likeness (QED) is 0.715. The largest absolute Gasteiger partial charge is 0.0837 e. The van der Waals surface area contributed by atoms with Crippen molar-refractivity contribution >= 4 is 23.2 Å². The number of benzene rings is 1. The van der Waals surface area contributed by atoms with E-state index in [0.29, 0.717) is 10.9 Å². The summed E-state index contributed by atoms with van der Waals surface area (Å²) >= 11 is 12.6. The molecule has 0 nitrogen and oxygen atoms in total. The van der Waals surface area contributed by atoms with Crippen LogP contribution in [0.15, 0.2) is 6.07 Å². The summed E-state index contributed by atoms with van der Waals surface area (Å²) < 4.78 is 0. The Hall–Kier alpha value is -0.200. The second-order valence-corrected chi connectivity index (χ2v) is 5.92. The van der Waals surface area contributed by atoms with Gasteiger partial charge < -0.3 is 0 Å². The highest BCUT2D eigenvalue weighted by Gasteiger charge is 2.24. The van der Waals surface area contributed by atoms with Crippen LogP contribution < -0.4 is 0 Å². The summed E-state index contributed by atoms with van der Waals surface area (Å²) in [5.74, 6) is 1.42. The Morgan fingerprint density at radius 1 is 1.38 bits per heavy atom. The van der Waals surface area contributed by atoms with Crippen LogP contribution in [-0.4, -0.2) is 0 Å². The molecule has 87 valence electrons. The molecule has 0 aromatic heterocycles. The van der Waals surface area contributed by atoms with Gasteiger partial charge in [0.2, 0.25) is 0 Å². The van der Waals surface area contributed by atoms with Gasteiger partial charge in [-0.1, -0.05) is 37.0 Å². The third kappa shape index (κ3) is 2.93. The average Bonchev–Trinajstić information content (AvgIpc) is 3.00. The molecule has 0 amide bonds. The van der Waals surface area contributed by atoms with E-state index < -0.39 is 0 Å². The Labute approximate surface area is 108 Å². The number of hydrogen-bond acceptors (Lipinski definition) is 0. The van der Waals surface area contributed by atoms with E-state index in [1.165, 1.54) is 18.4 Å². The third-order valence-corrected chi connectivity index (χ3v) is 3.81. The van der Waals surface area contributed by atoms with Crippen LogP contribution >= 0.6 is 23.2 Å². The van der Waals surface area contributed by atoms with Crippen LogP contribution in [0.3, 0.4) is 0 Å². The van der Waals surface area contributed by atoms with E-state index in [4.69, 9.17) is 23.2 Å². The highest BCUT2D eigenvalue weighted by molar-refractivity contribution is 6.36. The SMILES string of the molecule is CC(C)Cc1c[c]c(Cl)c(CC2CC2)c1Cl. The molecule has 0 atom stereocenters. The van der Waals surface area contributed by atoms with Gasteiger partial charge in [0.15, 0.2) is 0 Å². The van der Waals surface area contributed by atoms with Crippen LogP contribution in [0, 0.1) is 17.9 Å². The maximum Gasteiger partial charge on any atom is 0.0532 e. The zero-order valence-electron chi connectivity index (χ0n) is 9.82. The second kappa shape index (κ2) is 4.98. The summed E-state index contributed by atoms with van der Waals surface area (Å²) in [5.41, 5.74) is 2.31. The van der Waals surface area contributed by atoms with Gasteiger partial charge in [-0.3, -0.25) is 0 Å². The van der Waals surface area contributed by atoms with Gasteiger partial charge >= 0.3 is 0 Å². The van der Waals surface area contributed by atoms with E-state index in [-0.39, 0.29) is 0 Å². The minimum atomic E-state index is 0.612. The molecule has 0 unspecified atom stereocenters. The molecule has 1 saturated carbocycles. The van der Waals surface area contributed by atoms with E-state index in [2.05, 4.69) is 19.9 Å². The standard InChI is InChI=1S/C14H17Cl2/c1-9(2)7-11-5-6-13(15)12(14(11)16)8-10-3-4-10/h5,9-10H,3-4,7-8H2,1-2H3. The van der Waals surface area contributed by atoms with Gasteiger partial charge in [0.05, 0.1) is 5.02 Å². The van der Waals surface area contributed by atoms with Crippen LogP contribution in [0.1, 0.15) is 37.8 Å². The molecule has 0 heterocycles. The van der Waals surface area contributed by atoms with Gasteiger partial charge in [-0.25, -0.2) is 0 Å². The number of halogens is 2. The Bertz CT molecular complexity index is 379. The summed E-state index contributed by atoms with van der Waals surface area (Å²) in [7, 11) is 0. The Morgan fingerprint density at radius 3 is 2.62 bits per heavy atom. The lowest BCUT2D eigenvalue weighted by atomic mass is 9.99. The fraction of sp³-hybridized carbons (Fsp3) is 0.571. The molecule has 0 N–H and O–H groups in total. The molecule has 0 bridgehead atoms. The van der Waals surface area contributed by atoms with Crippen LogP contribution in [0.5, 0.6) is 0 Å². The fourth-order valence-electron chi connectivity index (χ4n) is 1.97. The molecular weight excluding hydrogens is 239 g/mol. The summed E-state index contributed by atoms with van der Waals surface area (Å²) in [6, 6.07) is 5.07. The molecule has 0 saturated heterocycles. The predicted molar refractivity (Wildman–Crippen MR) is 70.3 cm³/mol. The summed E-state index contributed by atoms with van der Waals surface area (Å²) in [6.45, 7) is 4.40. The van der Waals surface area contributed by atoms with E-state index in [0.717, 1.165) is 29.3 Å². The Balaban J connectivity index is 2.26. The maximum atomic E-state index is 6.43. The molecule has 1 aliphatic rings. The van der Waals surface area contributed by atoms with Gasteiger partial charge in [0.1, 0.15) is 0 Å².